The predicted octanol–water partition coefficient (Wildman–Crippen LogP) is 1.94. The van der Waals surface area contributed by atoms with E-state index in [1.165, 1.54) is 0 Å². The molecule has 0 heterocycles. The van der Waals surface area contributed by atoms with Gasteiger partial charge in [-0.3, -0.25) is 0 Å². The van der Waals surface area contributed by atoms with E-state index < -0.39 is 0 Å². The molecule has 0 aromatic heterocycles. The molecule has 0 N–H and O–H groups in total. The fourth-order valence-electron chi connectivity index (χ4n) is 0.332. The molecule has 1 aromatic carbocycles. The Kier molecular flexibility index (Phi) is 1.32. The van der Waals surface area contributed by atoms with Gasteiger partial charge in [0.15, 0.2) is 0 Å². The van der Waals surface area contributed by atoms with Crippen LogP contribution in [-0.4, -0.2) is 0 Å². The van der Waals surface area contributed by atoms with Crippen molar-refractivity contribution in [2.24, 2.45) is 0 Å². The first-order chi connectivity index (χ1) is 3.39. The Balaban J connectivity index is 3.02. The van der Waals surface area contributed by atoms with Crippen molar-refractivity contribution in [3.63, 3.8) is 0 Å². The largest absolute Gasteiger partial charge is 0.0836 e. The maximum Gasteiger partial charge on any atom is 0.0491 e. The van der Waals surface area contributed by atoms with Gasteiger partial charge < -0.3 is 0 Å². The maximum absolute atomic E-state index is 5.45. The van der Waals surface area contributed by atoms with E-state index in [1.54, 1.807) is 18.2 Å². The van der Waals surface area contributed by atoms with Crippen LogP contribution in [-0.2, 0) is 0 Å². The van der Waals surface area contributed by atoms with Gasteiger partial charge in [-0.2, -0.15) is 0 Å². The van der Waals surface area contributed by atoms with Gasteiger partial charge in [-0.25, -0.2) is 0 Å². The van der Waals surface area contributed by atoms with E-state index in [9.17, 15) is 0 Å². The Morgan fingerprint density at radius 3 is 2.57 bits per heavy atom. The van der Waals surface area contributed by atoms with Crippen LogP contribution in [0.15, 0.2) is 18.2 Å². The summed E-state index contributed by atoms with van der Waals surface area (Å²) in [4.78, 5) is 0. The van der Waals surface area contributed by atoms with Crippen molar-refractivity contribution in [2.45, 2.75) is 0 Å². The maximum atomic E-state index is 5.45. The van der Waals surface area contributed by atoms with Crippen LogP contribution in [0.1, 0.15) is 0 Å². The summed E-state index contributed by atoms with van der Waals surface area (Å²) in [6, 6.07) is 10.7. The van der Waals surface area contributed by atoms with Crippen molar-refractivity contribution in [1.82, 2.24) is 0 Å². The summed E-state index contributed by atoms with van der Waals surface area (Å²) in [5.41, 5.74) is 0. The van der Waals surface area contributed by atoms with E-state index >= 15 is 0 Å². The van der Waals surface area contributed by atoms with Gasteiger partial charge in [-0.05, 0) is 12.1 Å². The summed E-state index contributed by atoms with van der Waals surface area (Å²) in [5, 5.41) is 0.613. The third kappa shape index (κ3) is 1.20. The molecule has 0 saturated carbocycles. The summed E-state index contributed by atoms with van der Waals surface area (Å²) >= 11 is 5.45. The first kappa shape index (κ1) is 4.66. The van der Waals surface area contributed by atoms with E-state index in [1.807, 2.05) is 0 Å². The normalized spacial score (nSPS) is 8.71. The standard InChI is InChI=1S/C6H3Cl/c7-6-4-2-1-3-5-6/h1-2,5H. The van der Waals surface area contributed by atoms with Gasteiger partial charge >= 0.3 is 0 Å². The second kappa shape index (κ2) is 1.99. The molecule has 1 aromatic rings. The molecule has 1 heteroatoms. The van der Waals surface area contributed by atoms with Crippen LogP contribution in [0.3, 0.4) is 0 Å². The van der Waals surface area contributed by atoms with E-state index in [4.69, 9.17) is 11.6 Å². The van der Waals surface area contributed by atoms with Gasteiger partial charge in [0.05, 0.1) is 0 Å². The lowest BCUT2D eigenvalue weighted by molar-refractivity contribution is 1.68. The lowest BCUT2D eigenvalue weighted by atomic mass is 10.4. The highest BCUT2D eigenvalue weighted by atomic mass is 35.5. The van der Waals surface area contributed by atoms with Crippen LogP contribution in [0.25, 0.3) is 0 Å². The molecule has 7 heavy (non-hydrogen) atoms. The second-order valence-electron chi connectivity index (χ2n) is 1.14. The molecule has 2 radical (unpaired) electrons. The van der Waals surface area contributed by atoms with E-state index in [0.29, 0.717) is 5.02 Å². The SMILES string of the molecule is Clc1[c]cc[c]c1. The van der Waals surface area contributed by atoms with Crippen molar-refractivity contribution < 1.29 is 0 Å². The molecule has 0 bridgehead atoms. The molecular weight excluding hydrogens is 108 g/mol. The van der Waals surface area contributed by atoms with Crippen molar-refractivity contribution in [2.75, 3.05) is 0 Å². The third-order valence-electron chi connectivity index (χ3n) is 0.611. The third-order valence-corrected chi connectivity index (χ3v) is 0.829. The van der Waals surface area contributed by atoms with Crippen LogP contribution < -0.4 is 0 Å². The van der Waals surface area contributed by atoms with E-state index in [0.717, 1.165) is 0 Å². The van der Waals surface area contributed by atoms with Crippen molar-refractivity contribution >= 4 is 11.6 Å². The van der Waals surface area contributed by atoms with Gasteiger partial charge in [0.1, 0.15) is 0 Å². The van der Waals surface area contributed by atoms with Crippen LogP contribution in [0.2, 0.25) is 5.02 Å². The molecular formula is C6H3Cl. The van der Waals surface area contributed by atoms with Gasteiger partial charge in [0.25, 0.3) is 0 Å². The number of hydrogen-bond acceptors (Lipinski definition) is 0. The lowest BCUT2D eigenvalue weighted by Gasteiger charge is -1.78. The Labute approximate surface area is 47.7 Å². The number of hydrogen-bond donors (Lipinski definition) is 0. The van der Waals surface area contributed by atoms with Crippen LogP contribution in [0, 0.1) is 12.1 Å². The molecule has 0 unspecified atom stereocenters. The fraction of sp³-hybridized carbons (Fsp3) is 0. The number of halogens is 1. The highest BCUT2D eigenvalue weighted by Crippen LogP contribution is 2.01. The zero-order chi connectivity index (χ0) is 5.11. The second-order valence-corrected chi connectivity index (χ2v) is 1.54. The molecule has 34 valence electrons. The van der Waals surface area contributed by atoms with Crippen molar-refractivity contribution in [1.29, 1.82) is 0 Å². The summed E-state index contributed by atoms with van der Waals surface area (Å²) in [7, 11) is 0. The van der Waals surface area contributed by atoms with Crippen LogP contribution in [0.5, 0.6) is 0 Å². The smallest absolute Gasteiger partial charge is 0.0491 e. The first-order valence-corrected chi connectivity index (χ1v) is 2.30. The molecule has 0 aliphatic heterocycles. The average Bonchev–Trinajstić information content (AvgIpc) is 1.69. The summed E-state index contributed by atoms with van der Waals surface area (Å²) in [6.07, 6.45) is 0. The first-order valence-electron chi connectivity index (χ1n) is 1.93. The van der Waals surface area contributed by atoms with Gasteiger partial charge in [0.2, 0.25) is 0 Å². The van der Waals surface area contributed by atoms with Crippen LogP contribution in [0.4, 0.5) is 0 Å². The Morgan fingerprint density at radius 2 is 2.29 bits per heavy atom. The number of benzene rings is 1. The molecule has 1 rings (SSSR count). The summed E-state index contributed by atoms with van der Waals surface area (Å²) < 4.78 is 0. The highest BCUT2D eigenvalue weighted by molar-refractivity contribution is 6.30. The Hall–Kier alpha value is -0.490. The molecule has 0 spiro atoms. The lowest BCUT2D eigenvalue weighted by Crippen LogP contribution is -1.57. The molecule has 0 fully saturated rings. The molecule has 0 amide bonds. The van der Waals surface area contributed by atoms with E-state index in [2.05, 4.69) is 12.1 Å². The quantitative estimate of drug-likeness (QED) is 0.479. The minimum atomic E-state index is 0.613. The van der Waals surface area contributed by atoms with E-state index in [-0.39, 0.29) is 0 Å². The summed E-state index contributed by atoms with van der Waals surface area (Å²) in [6.45, 7) is 0. The topological polar surface area (TPSA) is 0 Å². The highest BCUT2D eigenvalue weighted by Gasteiger charge is 1.76. The average molecular weight is 111 g/mol. The minimum absolute atomic E-state index is 0.613. The molecule has 0 aliphatic rings. The zero-order valence-electron chi connectivity index (χ0n) is 3.61. The van der Waals surface area contributed by atoms with Gasteiger partial charge in [-0.15, -0.1) is 0 Å². The zero-order valence-corrected chi connectivity index (χ0v) is 4.37. The monoisotopic (exact) mass is 110 g/mol. The Morgan fingerprint density at radius 1 is 1.43 bits per heavy atom. The molecule has 0 aliphatic carbocycles. The summed E-state index contributed by atoms with van der Waals surface area (Å²) in [5.74, 6) is 0. The van der Waals surface area contributed by atoms with Crippen LogP contribution >= 0.6 is 11.6 Å². The van der Waals surface area contributed by atoms with Crippen molar-refractivity contribution in [3.8, 4) is 0 Å². The fourth-order valence-corrected chi connectivity index (χ4v) is 0.458. The predicted molar refractivity (Wildman–Crippen MR) is 29.1 cm³/mol. The Bertz CT molecular complexity index is 134. The van der Waals surface area contributed by atoms with Gasteiger partial charge in [0, 0.05) is 11.1 Å². The van der Waals surface area contributed by atoms with Gasteiger partial charge in [-0.1, -0.05) is 23.7 Å². The number of rotatable bonds is 0. The van der Waals surface area contributed by atoms with Crippen molar-refractivity contribution in [3.05, 3.63) is 35.4 Å². The minimum Gasteiger partial charge on any atom is -0.0836 e. The molecule has 0 atom stereocenters. The molecule has 0 saturated heterocycles. The molecule has 0 nitrogen and oxygen atoms in total.